The van der Waals surface area contributed by atoms with E-state index in [1.54, 1.807) is 35.8 Å². The summed E-state index contributed by atoms with van der Waals surface area (Å²) in [6.45, 7) is 1.69. The average molecular weight is 399 g/mol. The molecule has 0 radical (unpaired) electrons. The molecule has 5 rings (SSSR count). The van der Waals surface area contributed by atoms with E-state index in [2.05, 4.69) is 9.97 Å². The van der Waals surface area contributed by atoms with Gasteiger partial charge in [-0.25, -0.2) is 19.3 Å². The Balaban J connectivity index is 1.82. The number of nitro groups is 1. The van der Waals surface area contributed by atoms with Crippen molar-refractivity contribution in [3.63, 3.8) is 0 Å². The summed E-state index contributed by atoms with van der Waals surface area (Å²) in [5.41, 5.74) is 3.94. The van der Waals surface area contributed by atoms with Crippen LogP contribution < -0.4 is 0 Å². The molecule has 0 aliphatic rings. The van der Waals surface area contributed by atoms with Gasteiger partial charge in [0.15, 0.2) is 11.3 Å². The van der Waals surface area contributed by atoms with Crippen molar-refractivity contribution < 1.29 is 9.31 Å². The molecule has 146 valence electrons. The number of halogens is 1. The maximum Gasteiger partial charge on any atom is 0.269 e. The number of benzene rings is 3. The van der Waals surface area contributed by atoms with Crippen LogP contribution in [0.3, 0.4) is 0 Å². The molecule has 0 atom stereocenters. The Kier molecular flexibility index (Phi) is 3.99. The highest BCUT2D eigenvalue weighted by molar-refractivity contribution is 5.86. The second-order valence-corrected chi connectivity index (χ2v) is 6.87. The van der Waals surface area contributed by atoms with Gasteiger partial charge in [-0.2, -0.15) is 0 Å². The van der Waals surface area contributed by atoms with Crippen molar-refractivity contribution in [2.75, 3.05) is 0 Å². The first-order chi connectivity index (χ1) is 14.5. The third kappa shape index (κ3) is 2.86. The van der Waals surface area contributed by atoms with Gasteiger partial charge < -0.3 is 0 Å². The molecule has 0 unspecified atom stereocenters. The third-order valence-corrected chi connectivity index (χ3v) is 4.92. The Morgan fingerprint density at radius 3 is 2.30 bits per heavy atom. The Morgan fingerprint density at radius 2 is 1.63 bits per heavy atom. The van der Waals surface area contributed by atoms with Crippen molar-refractivity contribution in [3.8, 4) is 17.1 Å². The topological polar surface area (TPSA) is 86.7 Å². The van der Waals surface area contributed by atoms with E-state index < -0.39 is 4.92 Å². The first-order valence-corrected chi connectivity index (χ1v) is 9.18. The van der Waals surface area contributed by atoms with Crippen LogP contribution in [0.1, 0.15) is 5.56 Å². The molecule has 0 saturated carbocycles. The van der Waals surface area contributed by atoms with Crippen LogP contribution in [0.15, 0.2) is 66.7 Å². The van der Waals surface area contributed by atoms with Crippen molar-refractivity contribution >= 4 is 28.0 Å². The van der Waals surface area contributed by atoms with Gasteiger partial charge in [-0.05, 0) is 48.9 Å². The van der Waals surface area contributed by atoms with E-state index in [9.17, 15) is 14.5 Å². The van der Waals surface area contributed by atoms with Crippen molar-refractivity contribution in [3.05, 3.63) is 88.2 Å². The summed E-state index contributed by atoms with van der Waals surface area (Å²) in [5, 5.41) is 11.0. The maximum absolute atomic E-state index is 14.4. The predicted molar refractivity (Wildman–Crippen MR) is 111 cm³/mol. The van der Waals surface area contributed by atoms with Crippen LogP contribution in [0.4, 0.5) is 10.1 Å². The summed E-state index contributed by atoms with van der Waals surface area (Å²) in [4.78, 5) is 24.5. The summed E-state index contributed by atoms with van der Waals surface area (Å²) in [6.07, 6.45) is 0. The first-order valence-electron chi connectivity index (χ1n) is 9.18. The minimum atomic E-state index is -0.460. The molecule has 0 fully saturated rings. The zero-order valence-electron chi connectivity index (χ0n) is 15.8. The highest BCUT2D eigenvalue weighted by atomic mass is 19.1. The van der Waals surface area contributed by atoms with Gasteiger partial charge in [0.25, 0.3) is 5.69 Å². The number of nitrogens with zero attached hydrogens (tertiary/aromatic N) is 5. The largest absolute Gasteiger partial charge is 0.275 e. The van der Waals surface area contributed by atoms with Gasteiger partial charge in [-0.1, -0.05) is 18.2 Å². The fourth-order valence-corrected chi connectivity index (χ4v) is 3.35. The smallest absolute Gasteiger partial charge is 0.269 e. The van der Waals surface area contributed by atoms with E-state index in [1.165, 1.54) is 18.2 Å². The first kappa shape index (κ1) is 17.9. The number of hydrogen-bond acceptors (Lipinski definition) is 5. The lowest BCUT2D eigenvalue weighted by Gasteiger charge is -2.10. The van der Waals surface area contributed by atoms with Gasteiger partial charge in [-0.3, -0.25) is 14.7 Å². The van der Waals surface area contributed by atoms with Crippen LogP contribution in [0, 0.1) is 22.9 Å². The Labute approximate surface area is 169 Å². The molecule has 0 saturated heterocycles. The van der Waals surface area contributed by atoms with Crippen LogP contribution in [-0.4, -0.2) is 24.4 Å². The molecular formula is C22H14FN5O2. The standard InChI is InChI=1S/C22H14FN5O2/c1-13-6-9-16(12-17(13)23)27-21(14-7-10-15(11-8-14)28(29)30)26-20-22(27)25-19-5-3-2-4-18(19)24-20/h2-12H,1H3. The van der Waals surface area contributed by atoms with Crippen LogP contribution in [0.2, 0.25) is 0 Å². The molecule has 0 spiro atoms. The van der Waals surface area contributed by atoms with Gasteiger partial charge in [0.2, 0.25) is 0 Å². The van der Waals surface area contributed by atoms with E-state index in [0.717, 1.165) is 0 Å². The Hall–Kier alpha value is -4.20. The number of imidazole rings is 1. The number of fused-ring (bicyclic) bond motifs is 2. The quantitative estimate of drug-likeness (QED) is 0.315. The fourth-order valence-electron chi connectivity index (χ4n) is 3.35. The summed E-state index contributed by atoms with van der Waals surface area (Å²) in [6, 6.07) is 18.4. The van der Waals surface area contributed by atoms with E-state index in [1.807, 2.05) is 24.3 Å². The lowest BCUT2D eigenvalue weighted by Crippen LogP contribution is -2.00. The second-order valence-electron chi connectivity index (χ2n) is 6.87. The third-order valence-electron chi connectivity index (χ3n) is 4.92. The van der Waals surface area contributed by atoms with Gasteiger partial charge in [0.05, 0.1) is 21.6 Å². The van der Waals surface area contributed by atoms with Gasteiger partial charge in [-0.15, -0.1) is 0 Å². The summed E-state index contributed by atoms with van der Waals surface area (Å²) < 4.78 is 16.1. The minimum Gasteiger partial charge on any atom is -0.275 e. The SMILES string of the molecule is Cc1ccc(-n2c(-c3ccc([N+](=O)[O-])cc3)nc3nc4ccccc4nc32)cc1F. The number of hydrogen-bond donors (Lipinski definition) is 0. The summed E-state index contributed by atoms with van der Waals surface area (Å²) in [7, 11) is 0. The normalized spacial score (nSPS) is 11.3. The van der Waals surface area contributed by atoms with Crippen LogP contribution in [-0.2, 0) is 0 Å². The molecule has 0 N–H and O–H groups in total. The molecule has 2 heterocycles. The van der Waals surface area contributed by atoms with Gasteiger partial charge >= 0.3 is 0 Å². The lowest BCUT2D eigenvalue weighted by molar-refractivity contribution is -0.384. The molecule has 7 nitrogen and oxygen atoms in total. The molecule has 5 aromatic rings. The zero-order chi connectivity index (χ0) is 20.8. The van der Waals surface area contributed by atoms with Crippen molar-refractivity contribution in [2.45, 2.75) is 6.92 Å². The van der Waals surface area contributed by atoms with Crippen LogP contribution in [0.25, 0.3) is 39.4 Å². The molecule has 0 amide bonds. The second kappa shape index (κ2) is 6.70. The Morgan fingerprint density at radius 1 is 0.933 bits per heavy atom. The molecule has 0 aliphatic heterocycles. The van der Waals surface area contributed by atoms with Crippen molar-refractivity contribution in [1.29, 1.82) is 0 Å². The van der Waals surface area contributed by atoms with E-state index in [-0.39, 0.29) is 11.5 Å². The number of rotatable bonds is 3. The van der Waals surface area contributed by atoms with Crippen LogP contribution in [0.5, 0.6) is 0 Å². The van der Waals surface area contributed by atoms with E-state index >= 15 is 0 Å². The molecule has 0 bridgehead atoms. The fraction of sp³-hybridized carbons (Fsp3) is 0.0455. The molecule has 8 heteroatoms. The lowest BCUT2D eigenvalue weighted by atomic mass is 10.1. The monoisotopic (exact) mass is 399 g/mol. The summed E-state index contributed by atoms with van der Waals surface area (Å²) in [5.74, 6) is 0.121. The molecular weight excluding hydrogens is 385 g/mol. The predicted octanol–water partition coefficient (Wildman–Crippen LogP) is 4.99. The number of non-ortho nitro benzene ring substituents is 1. The average Bonchev–Trinajstić information content (AvgIpc) is 3.12. The molecule has 2 aromatic heterocycles. The van der Waals surface area contributed by atoms with Crippen molar-refractivity contribution in [2.24, 2.45) is 0 Å². The summed E-state index contributed by atoms with van der Waals surface area (Å²) >= 11 is 0. The van der Waals surface area contributed by atoms with E-state index in [4.69, 9.17) is 4.98 Å². The zero-order valence-corrected chi connectivity index (χ0v) is 15.8. The number of para-hydroxylation sites is 2. The molecule has 30 heavy (non-hydrogen) atoms. The van der Waals surface area contributed by atoms with E-state index in [0.29, 0.717) is 45.0 Å². The highest BCUT2D eigenvalue weighted by Crippen LogP contribution is 2.30. The number of aryl methyl sites for hydroxylation is 1. The molecule has 0 aliphatic carbocycles. The maximum atomic E-state index is 14.4. The minimum absolute atomic E-state index is 0.0234. The van der Waals surface area contributed by atoms with Crippen molar-refractivity contribution in [1.82, 2.24) is 19.5 Å². The van der Waals surface area contributed by atoms with Gasteiger partial charge in [0.1, 0.15) is 11.6 Å². The number of nitro benzene ring substituents is 1. The Bertz CT molecular complexity index is 1440. The molecule has 3 aromatic carbocycles. The van der Waals surface area contributed by atoms with Crippen LogP contribution >= 0.6 is 0 Å². The highest BCUT2D eigenvalue weighted by Gasteiger charge is 2.19. The van der Waals surface area contributed by atoms with Gasteiger partial charge in [0, 0.05) is 17.7 Å². The number of aromatic nitrogens is 4.